The Hall–Kier alpha value is -2.69. The summed E-state index contributed by atoms with van der Waals surface area (Å²) in [6, 6.07) is 9.20. The van der Waals surface area contributed by atoms with E-state index < -0.39 is 22.0 Å². The van der Waals surface area contributed by atoms with Gasteiger partial charge < -0.3 is 14.8 Å². The molecule has 0 aliphatic carbocycles. The molecule has 0 bridgehead atoms. The van der Waals surface area contributed by atoms with Crippen LogP contribution in [0.15, 0.2) is 41.3 Å². The molecule has 1 aliphatic heterocycles. The summed E-state index contributed by atoms with van der Waals surface area (Å²) in [4.78, 5) is 16.9. The number of aromatic nitrogens is 1. The Morgan fingerprint density at radius 1 is 1.13 bits per heavy atom. The molecule has 2 N–H and O–H groups in total. The Balaban J connectivity index is 1.47. The summed E-state index contributed by atoms with van der Waals surface area (Å²) in [6.45, 7) is 4.42. The summed E-state index contributed by atoms with van der Waals surface area (Å²) in [7, 11) is -3.94. The van der Waals surface area contributed by atoms with Crippen molar-refractivity contribution < 1.29 is 22.7 Å². The number of hydrogen-bond acceptors (Lipinski definition) is 7. The number of benzene rings is 2. The molecule has 1 aromatic heterocycles. The van der Waals surface area contributed by atoms with Crippen LogP contribution >= 0.6 is 11.3 Å². The fraction of sp³-hybridized carbons (Fsp3) is 0.300. The van der Waals surface area contributed by atoms with Crippen molar-refractivity contribution in [3.63, 3.8) is 0 Å². The number of carbonyl (C=O) groups excluding carboxylic acids is 1. The van der Waals surface area contributed by atoms with Gasteiger partial charge in [0.1, 0.15) is 0 Å². The van der Waals surface area contributed by atoms with Crippen LogP contribution in [0.25, 0.3) is 10.2 Å². The number of nitrogens with one attached hydrogen (secondary N) is 2. The zero-order chi connectivity index (χ0) is 21.3. The highest BCUT2D eigenvalue weighted by Gasteiger charge is 2.24. The largest absolute Gasteiger partial charge is 0.490 e. The molecule has 4 rings (SSSR count). The molecule has 2 aromatic carbocycles. The van der Waals surface area contributed by atoms with Gasteiger partial charge in [0.2, 0.25) is 15.9 Å². The quantitative estimate of drug-likeness (QED) is 0.623. The molecule has 8 nitrogen and oxygen atoms in total. The molecule has 0 spiro atoms. The summed E-state index contributed by atoms with van der Waals surface area (Å²) in [6.07, 6.45) is 0.720. The minimum atomic E-state index is -3.94. The van der Waals surface area contributed by atoms with Crippen molar-refractivity contribution in [2.75, 3.05) is 18.5 Å². The van der Waals surface area contributed by atoms with E-state index >= 15 is 0 Å². The summed E-state index contributed by atoms with van der Waals surface area (Å²) in [5.41, 5.74) is 1.88. The summed E-state index contributed by atoms with van der Waals surface area (Å²) >= 11 is 1.34. The van der Waals surface area contributed by atoms with E-state index in [4.69, 9.17) is 9.47 Å². The van der Waals surface area contributed by atoms with E-state index in [1.165, 1.54) is 30.4 Å². The van der Waals surface area contributed by atoms with Crippen molar-refractivity contribution in [3.05, 3.63) is 42.0 Å². The second-order valence-corrected chi connectivity index (χ2v) is 9.73. The van der Waals surface area contributed by atoms with E-state index in [0.29, 0.717) is 29.8 Å². The first-order chi connectivity index (χ1) is 14.3. The van der Waals surface area contributed by atoms with Crippen LogP contribution in [-0.4, -0.2) is 38.6 Å². The molecular formula is C20H21N3O5S2. The van der Waals surface area contributed by atoms with Gasteiger partial charge in [-0.25, -0.2) is 13.4 Å². The fourth-order valence-electron chi connectivity index (χ4n) is 2.96. The fourth-order valence-corrected chi connectivity index (χ4v) is 5.15. The molecule has 158 valence electrons. The molecule has 30 heavy (non-hydrogen) atoms. The van der Waals surface area contributed by atoms with Gasteiger partial charge in [0.15, 0.2) is 16.6 Å². The second-order valence-electron chi connectivity index (χ2n) is 6.98. The monoisotopic (exact) mass is 447 g/mol. The lowest BCUT2D eigenvalue weighted by atomic mass is 10.2. The van der Waals surface area contributed by atoms with Gasteiger partial charge in [0.05, 0.1) is 34.4 Å². The van der Waals surface area contributed by atoms with E-state index in [9.17, 15) is 13.2 Å². The van der Waals surface area contributed by atoms with Crippen molar-refractivity contribution in [2.45, 2.75) is 31.2 Å². The predicted octanol–water partition coefficient (Wildman–Crippen LogP) is 3.07. The Bertz CT molecular complexity index is 1210. The summed E-state index contributed by atoms with van der Waals surface area (Å²) < 4.78 is 39.9. The first-order valence-electron chi connectivity index (χ1n) is 9.42. The van der Waals surface area contributed by atoms with E-state index in [-0.39, 0.29) is 4.90 Å². The van der Waals surface area contributed by atoms with Crippen molar-refractivity contribution >= 4 is 42.6 Å². The molecule has 0 saturated heterocycles. The van der Waals surface area contributed by atoms with Crippen LogP contribution in [0.4, 0.5) is 5.13 Å². The zero-order valence-electron chi connectivity index (χ0n) is 16.5. The first kappa shape index (κ1) is 20.6. The summed E-state index contributed by atoms with van der Waals surface area (Å²) in [5.74, 6) is 0.379. The van der Waals surface area contributed by atoms with Crippen molar-refractivity contribution in [2.24, 2.45) is 0 Å². The number of aryl methyl sites for hydroxylation is 1. The third-order valence-electron chi connectivity index (χ3n) is 4.53. The van der Waals surface area contributed by atoms with E-state index in [2.05, 4.69) is 15.0 Å². The number of thiazole rings is 1. The Morgan fingerprint density at radius 3 is 2.70 bits per heavy atom. The van der Waals surface area contributed by atoms with Gasteiger partial charge in [-0.1, -0.05) is 17.4 Å². The minimum Gasteiger partial charge on any atom is -0.490 e. The Morgan fingerprint density at radius 2 is 1.90 bits per heavy atom. The molecule has 2 heterocycles. The van der Waals surface area contributed by atoms with Crippen LogP contribution in [0.2, 0.25) is 0 Å². The Kier molecular flexibility index (Phi) is 5.63. The van der Waals surface area contributed by atoms with E-state index in [1.807, 2.05) is 25.1 Å². The van der Waals surface area contributed by atoms with Crippen LogP contribution < -0.4 is 19.5 Å². The van der Waals surface area contributed by atoms with Gasteiger partial charge in [0, 0.05) is 12.5 Å². The highest BCUT2D eigenvalue weighted by atomic mass is 32.2. The van der Waals surface area contributed by atoms with Crippen molar-refractivity contribution in [3.8, 4) is 11.5 Å². The number of ether oxygens (including phenoxy) is 2. The number of anilines is 1. The molecule has 1 amide bonds. The third-order valence-corrected chi connectivity index (χ3v) is 7.00. The van der Waals surface area contributed by atoms with E-state index in [1.54, 1.807) is 6.07 Å². The van der Waals surface area contributed by atoms with Gasteiger partial charge in [-0.05, 0) is 43.7 Å². The van der Waals surface area contributed by atoms with Crippen LogP contribution in [0.3, 0.4) is 0 Å². The number of fused-ring (bicyclic) bond motifs is 2. The number of hydrogen-bond donors (Lipinski definition) is 2. The number of amides is 1. The summed E-state index contributed by atoms with van der Waals surface area (Å²) in [5, 5.41) is 3.10. The third kappa shape index (κ3) is 4.40. The lowest BCUT2D eigenvalue weighted by molar-refractivity contribution is -0.117. The van der Waals surface area contributed by atoms with Crippen LogP contribution in [-0.2, 0) is 14.8 Å². The van der Waals surface area contributed by atoms with Gasteiger partial charge in [0.25, 0.3) is 0 Å². The molecule has 0 radical (unpaired) electrons. The average Bonchev–Trinajstić information content (AvgIpc) is 2.93. The zero-order valence-corrected chi connectivity index (χ0v) is 18.1. The molecular weight excluding hydrogens is 426 g/mol. The first-order valence-corrected chi connectivity index (χ1v) is 11.7. The Labute approximate surface area is 178 Å². The van der Waals surface area contributed by atoms with Gasteiger partial charge in [-0.15, -0.1) is 0 Å². The lowest BCUT2D eigenvalue weighted by Crippen LogP contribution is -2.41. The van der Waals surface area contributed by atoms with Crippen LogP contribution in [0.1, 0.15) is 18.9 Å². The van der Waals surface area contributed by atoms with E-state index in [0.717, 1.165) is 22.2 Å². The van der Waals surface area contributed by atoms with Crippen molar-refractivity contribution in [1.29, 1.82) is 0 Å². The topological polar surface area (TPSA) is 107 Å². The highest BCUT2D eigenvalue weighted by molar-refractivity contribution is 7.89. The maximum Gasteiger partial charge on any atom is 0.244 e. The molecule has 0 saturated carbocycles. The number of sulfonamides is 1. The molecule has 10 heteroatoms. The lowest BCUT2D eigenvalue weighted by Gasteiger charge is -2.14. The van der Waals surface area contributed by atoms with Crippen LogP contribution in [0.5, 0.6) is 11.5 Å². The highest BCUT2D eigenvalue weighted by Crippen LogP contribution is 2.32. The number of carbonyl (C=O) groups is 1. The molecule has 0 fully saturated rings. The molecule has 1 atom stereocenters. The molecule has 0 unspecified atom stereocenters. The normalized spacial score (nSPS) is 14.9. The van der Waals surface area contributed by atoms with Crippen molar-refractivity contribution in [1.82, 2.24) is 9.71 Å². The number of nitrogens with zero attached hydrogens (tertiary/aromatic N) is 1. The maximum absolute atomic E-state index is 12.7. The molecule has 1 aliphatic rings. The second kappa shape index (κ2) is 8.21. The smallest absolute Gasteiger partial charge is 0.244 e. The standard InChI is InChI=1S/C20H21N3O5S2/c1-12-4-6-15-18(10-12)29-20(21-15)22-19(24)13(2)23-30(25,26)14-5-7-16-17(11-14)28-9-3-8-27-16/h4-7,10-11,13,23H,3,8-9H2,1-2H3,(H,21,22,24)/t13-/m0/s1. The predicted molar refractivity (Wildman–Crippen MR) is 115 cm³/mol. The van der Waals surface area contributed by atoms with Gasteiger partial charge in [-0.3, -0.25) is 4.79 Å². The average molecular weight is 448 g/mol. The SMILES string of the molecule is Cc1ccc2nc(NC(=O)[C@H](C)NS(=O)(=O)c3ccc4c(c3)OCCCO4)sc2c1. The minimum absolute atomic E-state index is 0.00172. The van der Waals surface area contributed by atoms with Gasteiger partial charge in [-0.2, -0.15) is 4.72 Å². The van der Waals surface area contributed by atoms with Gasteiger partial charge >= 0.3 is 0 Å². The molecule has 3 aromatic rings. The maximum atomic E-state index is 12.7. The van der Waals surface area contributed by atoms with Crippen LogP contribution in [0, 0.1) is 6.92 Å². The number of rotatable bonds is 5.